The molecule has 0 aliphatic carbocycles. The van der Waals surface area contributed by atoms with E-state index in [1.807, 2.05) is 0 Å². The van der Waals surface area contributed by atoms with E-state index in [1.54, 1.807) is 4.90 Å². The zero-order chi connectivity index (χ0) is 19.3. The van der Waals surface area contributed by atoms with E-state index in [0.717, 1.165) is 12.8 Å². The Morgan fingerprint density at radius 3 is 2.26 bits per heavy atom. The number of likely N-dealkylation sites (tertiary alicyclic amines) is 1. The number of hydrogen-bond donors (Lipinski definition) is 1. The molecule has 7 nitrogen and oxygen atoms in total. The number of Topliss-reactive ketones (excluding diaryl/α,β-unsaturated/α-hetero) is 1. The number of halogens is 1. The van der Waals surface area contributed by atoms with Crippen LogP contribution in [0.25, 0.3) is 0 Å². The van der Waals surface area contributed by atoms with Gasteiger partial charge in [0.05, 0.1) is 4.90 Å². The van der Waals surface area contributed by atoms with Gasteiger partial charge in [0.25, 0.3) is 0 Å². The normalized spacial score (nSPS) is 15.5. The maximum absolute atomic E-state index is 12.6. The molecule has 0 atom stereocenters. The zero-order valence-electron chi connectivity index (χ0n) is 15.8. The number of hydrogen-bond acceptors (Lipinski definition) is 5. The second-order valence-electron chi connectivity index (χ2n) is 6.73. The minimum absolute atomic E-state index is 0. The van der Waals surface area contributed by atoms with Crippen LogP contribution in [-0.4, -0.2) is 62.0 Å². The lowest BCUT2D eigenvalue weighted by atomic mass is 10.1. The Bertz CT molecular complexity index is 744. The molecule has 0 unspecified atom stereocenters. The molecule has 1 aliphatic rings. The van der Waals surface area contributed by atoms with Crippen molar-refractivity contribution in [3.05, 3.63) is 29.8 Å². The van der Waals surface area contributed by atoms with Crippen LogP contribution in [0.2, 0.25) is 0 Å². The van der Waals surface area contributed by atoms with Gasteiger partial charge in [-0.3, -0.25) is 9.59 Å². The van der Waals surface area contributed by atoms with Crippen LogP contribution >= 0.6 is 12.4 Å². The lowest BCUT2D eigenvalue weighted by Crippen LogP contribution is -2.43. The maximum Gasteiger partial charge on any atom is 0.242 e. The van der Waals surface area contributed by atoms with Crippen molar-refractivity contribution in [2.24, 2.45) is 5.73 Å². The molecule has 2 N–H and O–H groups in total. The Morgan fingerprint density at radius 1 is 1.19 bits per heavy atom. The highest BCUT2D eigenvalue weighted by atomic mass is 35.5. The SMILES string of the molecule is CC(=O)c1ccc(S(=O)(=O)N(C)CCCC(=O)N2CCC(N)CC2)cc1.Cl. The Labute approximate surface area is 167 Å². The molecule has 1 aliphatic heterocycles. The number of rotatable bonds is 7. The average molecular weight is 418 g/mol. The van der Waals surface area contributed by atoms with Crippen molar-refractivity contribution in [1.29, 1.82) is 0 Å². The minimum Gasteiger partial charge on any atom is -0.343 e. The second kappa shape index (κ2) is 10.2. The quantitative estimate of drug-likeness (QED) is 0.680. The standard InChI is InChI=1S/C18H27N3O4S.ClH/c1-14(22)15-5-7-17(8-6-15)26(24,25)20(2)11-3-4-18(23)21-12-9-16(19)10-13-21;/h5-8,16H,3-4,9-13,19H2,1-2H3;1H. The van der Waals surface area contributed by atoms with Crippen molar-refractivity contribution in [1.82, 2.24) is 9.21 Å². The zero-order valence-corrected chi connectivity index (χ0v) is 17.4. The van der Waals surface area contributed by atoms with Gasteiger partial charge < -0.3 is 10.6 Å². The number of carbonyl (C=O) groups is 2. The molecule has 0 aromatic heterocycles. The third kappa shape index (κ3) is 6.27. The second-order valence-corrected chi connectivity index (χ2v) is 8.77. The van der Waals surface area contributed by atoms with E-state index in [0.29, 0.717) is 31.5 Å². The van der Waals surface area contributed by atoms with Gasteiger partial charge in [0.2, 0.25) is 15.9 Å². The summed E-state index contributed by atoms with van der Waals surface area (Å²) in [4.78, 5) is 25.4. The van der Waals surface area contributed by atoms with Gasteiger partial charge in [0.15, 0.2) is 5.78 Å². The summed E-state index contributed by atoms with van der Waals surface area (Å²) in [7, 11) is -2.13. The lowest BCUT2D eigenvalue weighted by Gasteiger charge is -2.30. The fraction of sp³-hybridized carbons (Fsp3) is 0.556. The largest absolute Gasteiger partial charge is 0.343 e. The first-order chi connectivity index (χ1) is 12.2. The smallest absolute Gasteiger partial charge is 0.242 e. The number of benzene rings is 1. The molecule has 1 fully saturated rings. The summed E-state index contributed by atoms with van der Waals surface area (Å²) in [6.07, 6.45) is 2.41. The fourth-order valence-corrected chi connectivity index (χ4v) is 4.13. The molecule has 27 heavy (non-hydrogen) atoms. The summed E-state index contributed by atoms with van der Waals surface area (Å²) in [6.45, 7) is 3.05. The van der Waals surface area contributed by atoms with E-state index in [4.69, 9.17) is 5.73 Å². The highest BCUT2D eigenvalue weighted by Gasteiger charge is 2.23. The van der Waals surface area contributed by atoms with Crippen LogP contribution in [0.4, 0.5) is 0 Å². The first kappa shape index (κ1) is 23.6. The van der Waals surface area contributed by atoms with E-state index < -0.39 is 10.0 Å². The molecule has 1 amide bonds. The number of carbonyl (C=O) groups excluding carboxylic acids is 2. The fourth-order valence-electron chi connectivity index (χ4n) is 2.92. The molecule has 1 heterocycles. The van der Waals surface area contributed by atoms with Crippen molar-refractivity contribution >= 4 is 34.1 Å². The van der Waals surface area contributed by atoms with Crippen LogP contribution in [0, 0.1) is 0 Å². The number of ketones is 1. The van der Waals surface area contributed by atoms with Gasteiger partial charge in [-0.05, 0) is 38.3 Å². The van der Waals surface area contributed by atoms with Crippen molar-refractivity contribution in [2.75, 3.05) is 26.7 Å². The van der Waals surface area contributed by atoms with Gasteiger partial charge in [0, 0.05) is 44.7 Å². The highest BCUT2D eigenvalue weighted by molar-refractivity contribution is 7.89. The lowest BCUT2D eigenvalue weighted by molar-refractivity contribution is -0.132. The van der Waals surface area contributed by atoms with E-state index in [2.05, 4.69) is 0 Å². The molecule has 0 radical (unpaired) electrons. The van der Waals surface area contributed by atoms with Gasteiger partial charge in [-0.25, -0.2) is 12.7 Å². The Kier molecular flexibility index (Phi) is 8.87. The summed E-state index contributed by atoms with van der Waals surface area (Å²) in [5, 5.41) is 0. The Hall–Kier alpha value is -1.48. The molecular weight excluding hydrogens is 390 g/mol. The van der Waals surface area contributed by atoms with Gasteiger partial charge >= 0.3 is 0 Å². The van der Waals surface area contributed by atoms with E-state index >= 15 is 0 Å². The van der Waals surface area contributed by atoms with Crippen molar-refractivity contribution in [3.63, 3.8) is 0 Å². The molecule has 152 valence electrons. The van der Waals surface area contributed by atoms with Crippen molar-refractivity contribution in [2.45, 2.75) is 43.5 Å². The maximum atomic E-state index is 12.6. The van der Waals surface area contributed by atoms with E-state index in [1.165, 1.54) is 42.5 Å². The molecule has 1 saturated heterocycles. The summed E-state index contributed by atoms with van der Waals surface area (Å²) in [6, 6.07) is 6.06. The number of nitrogens with two attached hydrogens (primary N) is 1. The topological polar surface area (TPSA) is 101 Å². The van der Waals surface area contributed by atoms with Crippen molar-refractivity contribution in [3.8, 4) is 0 Å². The molecule has 1 aromatic rings. The van der Waals surface area contributed by atoms with Gasteiger partial charge in [-0.15, -0.1) is 12.4 Å². The summed E-state index contributed by atoms with van der Waals surface area (Å²) >= 11 is 0. The summed E-state index contributed by atoms with van der Waals surface area (Å²) < 4.78 is 26.4. The first-order valence-corrected chi connectivity index (χ1v) is 10.3. The predicted molar refractivity (Wildman–Crippen MR) is 107 cm³/mol. The average Bonchev–Trinajstić information content (AvgIpc) is 2.62. The number of amides is 1. The number of sulfonamides is 1. The van der Waals surface area contributed by atoms with Crippen LogP contribution in [0.5, 0.6) is 0 Å². The molecule has 1 aromatic carbocycles. The van der Waals surface area contributed by atoms with Crippen LogP contribution in [0.15, 0.2) is 29.2 Å². The van der Waals surface area contributed by atoms with Gasteiger partial charge in [-0.1, -0.05) is 12.1 Å². The molecule has 2 rings (SSSR count). The van der Waals surface area contributed by atoms with E-state index in [9.17, 15) is 18.0 Å². The van der Waals surface area contributed by atoms with Gasteiger partial charge in [0.1, 0.15) is 0 Å². The number of piperidine rings is 1. The monoisotopic (exact) mass is 417 g/mol. The Balaban J connectivity index is 0.00000364. The Morgan fingerprint density at radius 2 is 1.74 bits per heavy atom. The molecule has 9 heteroatoms. The van der Waals surface area contributed by atoms with Crippen molar-refractivity contribution < 1.29 is 18.0 Å². The molecule has 0 bridgehead atoms. The summed E-state index contributed by atoms with van der Waals surface area (Å²) in [5.41, 5.74) is 6.31. The number of nitrogens with zero attached hydrogens (tertiary/aromatic N) is 2. The predicted octanol–water partition coefficient (Wildman–Crippen LogP) is 1.66. The highest BCUT2D eigenvalue weighted by Crippen LogP contribution is 2.17. The van der Waals surface area contributed by atoms with Crippen LogP contribution in [0.3, 0.4) is 0 Å². The minimum atomic E-state index is -3.63. The molecule has 0 saturated carbocycles. The molecular formula is C18H28ClN3O4S. The third-order valence-corrected chi connectivity index (χ3v) is 6.60. The molecule has 0 spiro atoms. The first-order valence-electron chi connectivity index (χ1n) is 8.82. The van der Waals surface area contributed by atoms with Gasteiger partial charge in [-0.2, -0.15) is 0 Å². The van der Waals surface area contributed by atoms with Crippen LogP contribution < -0.4 is 5.73 Å². The van der Waals surface area contributed by atoms with Crippen LogP contribution in [0.1, 0.15) is 43.0 Å². The third-order valence-electron chi connectivity index (χ3n) is 4.72. The van der Waals surface area contributed by atoms with Crippen LogP contribution in [-0.2, 0) is 14.8 Å². The van der Waals surface area contributed by atoms with E-state index in [-0.39, 0.29) is 41.6 Å². The summed E-state index contributed by atoms with van der Waals surface area (Å²) in [5.74, 6) is -0.0620.